The summed E-state index contributed by atoms with van der Waals surface area (Å²) in [6, 6.07) is 20.2. The van der Waals surface area contributed by atoms with Crippen LogP contribution in [0, 0.1) is 13.8 Å². The van der Waals surface area contributed by atoms with Gasteiger partial charge < -0.3 is 19.3 Å². The topological polar surface area (TPSA) is 89.7 Å². The van der Waals surface area contributed by atoms with Crippen molar-refractivity contribution < 1.29 is 18.8 Å². The SMILES string of the molecule is COc1ccc(-c2noc(C3=C(C)N(c4ccc(OC)cc4)C(=O)NC3c3ccc(C)c(C)c3)n2)cc1. The predicted molar refractivity (Wildman–Crippen MR) is 142 cm³/mol. The molecular weight excluding hydrogens is 468 g/mol. The van der Waals surface area contributed by atoms with Crippen molar-refractivity contribution in [2.45, 2.75) is 26.8 Å². The van der Waals surface area contributed by atoms with Crippen molar-refractivity contribution in [3.05, 3.63) is 95.0 Å². The Balaban J connectivity index is 1.63. The van der Waals surface area contributed by atoms with E-state index < -0.39 is 6.04 Å². The minimum Gasteiger partial charge on any atom is -0.497 e. The summed E-state index contributed by atoms with van der Waals surface area (Å²) in [5.41, 5.74) is 6.15. The molecule has 8 nitrogen and oxygen atoms in total. The number of benzene rings is 3. The molecule has 0 aliphatic carbocycles. The lowest BCUT2D eigenvalue weighted by atomic mass is 9.92. The smallest absolute Gasteiger partial charge is 0.326 e. The van der Waals surface area contributed by atoms with E-state index in [9.17, 15) is 4.79 Å². The fourth-order valence-corrected chi connectivity index (χ4v) is 4.45. The summed E-state index contributed by atoms with van der Waals surface area (Å²) in [5, 5.41) is 7.40. The Morgan fingerprint density at radius 2 is 1.51 bits per heavy atom. The number of rotatable bonds is 6. The maximum absolute atomic E-state index is 13.4. The standard InChI is InChI=1S/C29H28N4O4/c1-17-6-7-21(16-18(17)2)26-25(28-31-27(32-37-28)20-8-12-23(35-4)13-9-20)19(3)33(29(34)30-26)22-10-14-24(36-5)15-11-22/h6-16,26H,1-5H3,(H,30,34). The summed E-state index contributed by atoms with van der Waals surface area (Å²) in [6.07, 6.45) is 0. The molecule has 0 spiro atoms. The van der Waals surface area contributed by atoms with Crippen LogP contribution in [0.1, 0.15) is 35.5 Å². The first-order chi connectivity index (χ1) is 17.9. The van der Waals surface area contributed by atoms with Crippen LogP contribution in [-0.4, -0.2) is 30.4 Å². The first kappa shape index (κ1) is 24.1. The van der Waals surface area contributed by atoms with Crippen molar-refractivity contribution in [1.29, 1.82) is 0 Å². The van der Waals surface area contributed by atoms with Gasteiger partial charge in [0.15, 0.2) is 0 Å². The number of nitrogens with one attached hydrogen (secondary N) is 1. The first-order valence-corrected chi connectivity index (χ1v) is 11.9. The van der Waals surface area contributed by atoms with Gasteiger partial charge in [-0.1, -0.05) is 23.4 Å². The van der Waals surface area contributed by atoms with Crippen LogP contribution in [0.2, 0.25) is 0 Å². The van der Waals surface area contributed by atoms with Gasteiger partial charge in [-0.05, 0) is 86.0 Å². The lowest BCUT2D eigenvalue weighted by Crippen LogP contribution is -2.46. The number of methoxy groups -OCH3 is 2. The Morgan fingerprint density at radius 1 is 0.865 bits per heavy atom. The molecule has 1 aromatic heterocycles. The number of aromatic nitrogens is 2. The number of anilines is 1. The van der Waals surface area contributed by atoms with Gasteiger partial charge in [0.25, 0.3) is 5.89 Å². The quantitative estimate of drug-likeness (QED) is 0.348. The molecule has 4 aromatic rings. The number of hydrogen-bond donors (Lipinski definition) is 1. The van der Waals surface area contributed by atoms with Gasteiger partial charge in [-0.2, -0.15) is 4.98 Å². The molecule has 3 aromatic carbocycles. The second-order valence-corrected chi connectivity index (χ2v) is 8.91. The minimum absolute atomic E-state index is 0.246. The molecular formula is C29H28N4O4. The number of hydrogen-bond acceptors (Lipinski definition) is 6. The fourth-order valence-electron chi connectivity index (χ4n) is 4.45. The number of amides is 2. The van der Waals surface area contributed by atoms with Gasteiger partial charge in [-0.25, -0.2) is 4.79 Å². The van der Waals surface area contributed by atoms with E-state index in [-0.39, 0.29) is 6.03 Å². The molecule has 0 bridgehead atoms. The lowest BCUT2D eigenvalue weighted by Gasteiger charge is -2.35. The molecule has 0 fully saturated rings. The van der Waals surface area contributed by atoms with E-state index in [1.165, 1.54) is 5.56 Å². The third kappa shape index (κ3) is 4.53. The summed E-state index contributed by atoms with van der Waals surface area (Å²) < 4.78 is 16.3. The molecule has 0 radical (unpaired) electrons. The van der Waals surface area contributed by atoms with Gasteiger partial charge in [0, 0.05) is 11.3 Å². The third-order valence-electron chi connectivity index (χ3n) is 6.68. The van der Waals surface area contributed by atoms with Crippen LogP contribution in [0.25, 0.3) is 17.0 Å². The first-order valence-electron chi connectivity index (χ1n) is 11.9. The third-order valence-corrected chi connectivity index (χ3v) is 6.68. The Hall–Kier alpha value is -4.59. The fraction of sp³-hybridized carbons (Fsp3) is 0.207. The van der Waals surface area contributed by atoms with Crippen LogP contribution in [0.3, 0.4) is 0 Å². The number of allylic oxidation sites excluding steroid dienone is 1. The van der Waals surface area contributed by atoms with Crippen LogP contribution >= 0.6 is 0 Å². The lowest BCUT2D eigenvalue weighted by molar-refractivity contribution is 0.244. The van der Waals surface area contributed by atoms with E-state index in [0.29, 0.717) is 28.8 Å². The second kappa shape index (κ2) is 9.81. The summed E-state index contributed by atoms with van der Waals surface area (Å²) in [5.74, 6) is 2.23. The van der Waals surface area contributed by atoms with Gasteiger partial charge in [-0.3, -0.25) is 4.90 Å². The molecule has 5 rings (SSSR count). The second-order valence-electron chi connectivity index (χ2n) is 8.91. The molecule has 8 heteroatoms. The Kier molecular flexibility index (Phi) is 6.40. The molecule has 0 saturated carbocycles. The van der Waals surface area contributed by atoms with Gasteiger partial charge in [0.1, 0.15) is 11.5 Å². The van der Waals surface area contributed by atoms with E-state index >= 15 is 0 Å². The van der Waals surface area contributed by atoms with E-state index in [0.717, 1.165) is 28.0 Å². The monoisotopic (exact) mass is 496 g/mol. The summed E-state index contributed by atoms with van der Waals surface area (Å²) in [7, 11) is 3.23. The molecule has 2 amide bonds. The van der Waals surface area contributed by atoms with Gasteiger partial charge >= 0.3 is 6.03 Å². The highest BCUT2D eigenvalue weighted by Gasteiger charge is 2.36. The molecule has 1 aliphatic heterocycles. The summed E-state index contributed by atoms with van der Waals surface area (Å²) >= 11 is 0. The van der Waals surface area contributed by atoms with Crippen LogP contribution in [0.15, 0.2) is 77.0 Å². The van der Waals surface area contributed by atoms with Crippen molar-refractivity contribution in [3.63, 3.8) is 0 Å². The Labute approximate surface area is 215 Å². The molecule has 188 valence electrons. The Morgan fingerprint density at radius 3 is 2.14 bits per heavy atom. The van der Waals surface area contributed by atoms with Crippen LogP contribution < -0.4 is 19.7 Å². The predicted octanol–water partition coefficient (Wildman–Crippen LogP) is 6.07. The van der Waals surface area contributed by atoms with E-state index in [2.05, 4.69) is 36.5 Å². The normalized spacial score (nSPS) is 15.5. The number of urea groups is 1. The molecule has 0 saturated heterocycles. The van der Waals surface area contributed by atoms with Crippen molar-refractivity contribution in [2.75, 3.05) is 19.1 Å². The van der Waals surface area contributed by atoms with Crippen molar-refractivity contribution in [2.24, 2.45) is 0 Å². The van der Waals surface area contributed by atoms with Crippen molar-refractivity contribution in [1.82, 2.24) is 15.5 Å². The van der Waals surface area contributed by atoms with E-state index in [1.54, 1.807) is 19.1 Å². The van der Waals surface area contributed by atoms with Crippen LogP contribution in [0.5, 0.6) is 11.5 Å². The molecule has 37 heavy (non-hydrogen) atoms. The zero-order valence-electron chi connectivity index (χ0n) is 21.4. The van der Waals surface area contributed by atoms with Gasteiger partial charge in [0.05, 0.1) is 31.5 Å². The minimum atomic E-state index is -0.467. The summed E-state index contributed by atoms with van der Waals surface area (Å²) in [4.78, 5) is 19.8. The average molecular weight is 497 g/mol. The highest BCUT2D eigenvalue weighted by Crippen LogP contribution is 2.39. The number of nitrogens with zero attached hydrogens (tertiary/aromatic N) is 3. The van der Waals surface area contributed by atoms with Gasteiger partial charge in [0.2, 0.25) is 5.82 Å². The van der Waals surface area contributed by atoms with E-state index in [1.807, 2.05) is 61.5 Å². The Bertz CT molecular complexity index is 1470. The molecule has 2 heterocycles. The number of carbonyl (C=O) groups excluding carboxylic acids is 1. The van der Waals surface area contributed by atoms with Crippen molar-refractivity contribution in [3.8, 4) is 22.9 Å². The van der Waals surface area contributed by atoms with Crippen molar-refractivity contribution >= 4 is 17.3 Å². The number of ether oxygens (including phenoxy) is 2. The van der Waals surface area contributed by atoms with Crippen LogP contribution in [0.4, 0.5) is 10.5 Å². The number of carbonyl (C=O) groups is 1. The van der Waals surface area contributed by atoms with Crippen LogP contribution in [-0.2, 0) is 0 Å². The average Bonchev–Trinajstić information content (AvgIpc) is 3.40. The maximum Gasteiger partial charge on any atom is 0.326 e. The molecule has 1 aliphatic rings. The number of aryl methyl sites for hydroxylation is 2. The largest absolute Gasteiger partial charge is 0.497 e. The maximum atomic E-state index is 13.4. The zero-order valence-corrected chi connectivity index (χ0v) is 21.4. The van der Waals surface area contributed by atoms with E-state index in [4.69, 9.17) is 19.0 Å². The van der Waals surface area contributed by atoms with Gasteiger partial charge in [-0.15, -0.1) is 0 Å². The highest BCUT2D eigenvalue weighted by atomic mass is 16.5. The highest BCUT2D eigenvalue weighted by molar-refractivity contribution is 6.01. The molecule has 1 atom stereocenters. The molecule has 1 unspecified atom stereocenters. The zero-order chi connectivity index (χ0) is 26.1. The summed E-state index contributed by atoms with van der Waals surface area (Å²) in [6.45, 7) is 6.01. The molecule has 1 N–H and O–H groups in total.